The Balaban J connectivity index is 2.57. The predicted molar refractivity (Wildman–Crippen MR) is 98.8 cm³/mol. The third kappa shape index (κ3) is 5.83. The minimum absolute atomic E-state index is 0.151. The SMILES string of the molecule is CCC(CC1CCC(C(=O)NC(C)(C)C)CC1)[Si](OC)(OC)OC. The second-order valence-corrected chi connectivity index (χ2v) is 11.3. The van der Waals surface area contributed by atoms with Crippen molar-refractivity contribution >= 4 is 14.7 Å². The molecule has 1 N–H and O–H groups in total. The van der Waals surface area contributed by atoms with E-state index in [1.807, 2.05) is 20.8 Å². The van der Waals surface area contributed by atoms with Gasteiger partial charge in [-0.1, -0.05) is 6.92 Å². The highest BCUT2D eigenvalue weighted by Crippen LogP contribution is 2.40. The molecule has 0 aromatic heterocycles. The first-order valence-electron chi connectivity index (χ1n) is 9.18. The molecule has 0 aliphatic heterocycles. The van der Waals surface area contributed by atoms with Crippen molar-refractivity contribution in [3.8, 4) is 0 Å². The molecular weight excluding hydrogens is 322 g/mol. The summed E-state index contributed by atoms with van der Waals surface area (Å²) in [5.41, 5.74) is 0.171. The Labute approximate surface area is 149 Å². The van der Waals surface area contributed by atoms with Gasteiger partial charge in [-0.3, -0.25) is 4.79 Å². The minimum atomic E-state index is -2.58. The molecule has 0 bridgehead atoms. The summed E-state index contributed by atoms with van der Waals surface area (Å²) in [6, 6.07) is 0. The molecule has 0 saturated heterocycles. The van der Waals surface area contributed by atoms with E-state index in [-0.39, 0.29) is 17.4 Å². The normalized spacial score (nSPS) is 23.8. The summed E-state index contributed by atoms with van der Waals surface area (Å²) >= 11 is 0. The lowest BCUT2D eigenvalue weighted by molar-refractivity contribution is -0.127. The highest BCUT2D eigenvalue weighted by Gasteiger charge is 2.47. The topological polar surface area (TPSA) is 56.8 Å². The van der Waals surface area contributed by atoms with E-state index in [1.165, 1.54) is 0 Å². The van der Waals surface area contributed by atoms with Crippen molar-refractivity contribution in [2.75, 3.05) is 21.3 Å². The number of rotatable bonds is 8. The molecule has 0 aromatic carbocycles. The number of nitrogens with one attached hydrogen (secondary N) is 1. The molecule has 6 heteroatoms. The van der Waals surface area contributed by atoms with Crippen molar-refractivity contribution in [2.45, 2.75) is 77.3 Å². The van der Waals surface area contributed by atoms with Crippen LogP contribution in [0.2, 0.25) is 5.54 Å². The molecule has 142 valence electrons. The molecule has 0 spiro atoms. The molecule has 0 radical (unpaired) electrons. The summed E-state index contributed by atoms with van der Waals surface area (Å²) in [5, 5.41) is 3.12. The Kier molecular flexibility index (Phi) is 8.39. The zero-order chi connectivity index (χ0) is 18.4. The van der Waals surface area contributed by atoms with Crippen molar-refractivity contribution in [3.63, 3.8) is 0 Å². The molecule has 0 heterocycles. The van der Waals surface area contributed by atoms with E-state index >= 15 is 0 Å². The van der Waals surface area contributed by atoms with Crippen LogP contribution in [0.1, 0.15) is 66.2 Å². The molecule has 1 aliphatic rings. The molecular formula is C18H37NO4Si. The Morgan fingerprint density at radius 2 is 1.58 bits per heavy atom. The van der Waals surface area contributed by atoms with Crippen molar-refractivity contribution in [1.29, 1.82) is 0 Å². The van der Waals surface area contributed by atoms with Crippen LogP contribution < -0.4 is 5.32 Å². The first-order chi connectivity index (χ1) is 11.2. The maximum Gasteiger partial charge on any atom is 0.503 e. The fraction of sp³-hybridized carbons (Fsp3) is 0.944. The highest BCUT2D eigenvalue weighted by atomic mass is 28.4. The van der Waals surface area contributed by atoms with E-state index in [9.17, 15) is 4.79 Å². The van der Waals surface area contributed by atoms with Crippen LogP contribution in [0.5, 0.6) is 0 Å². The monoisotopic (exact) mass is 359 g/mol. The lowest BCUT2D eigenvalue weighted by Gasteiger charge is -2.36. The number of carbonyl (C=O) groups excluding carboxylic acids is 1. The molecule has 1 aliphatic carbocycles. The van der Waals surface area contributed by atoms with Gasteiger partial charge in [-0.05, 0) is 65.2 Å². The summed E-state index contributed by atoms with van der Waals surface area (Å²) in [6.07, 6.45) is 6.20. The second kappa shape index (κ2) is 9.32. The largest absolute Gasteiger partial charge is 0.503 e. The van der Waals surface area contributed by atoms with Gasteiger partial charge in [0.15, 0.2) is 0 Å². The van der Waals surface area contributed by atoms with Crippen LogP contribution in [-0.4, -0.2) is 41.6 Å². The van der Waals surface area contributed by atoms with Crippen LogP contribution in [0.15, 0.2) is 0 Å². The van der Waals surface area contributed by atoms with Gasteiger partial charge in [0.05, 0.1) is 0 Å². The average molecular weight is 360 g/mol. The van der Waals surface area contributed by atoms with Crippen LogP contribution in [0.25, 0.3) is 0 Å². The molecule has 1 fully saturated rings. The van der Waals surface area contributed by atoms with Gasteiger partial charge in [-0.25, -0.2) is 0 Å². The lowest BCUT2D eigenvalue weighted by Crippen LogP contribution is -2.48. The maximum absolute atomic E-state index is 12.3. The van der Waals surface area contributed by atoms with Crippen molar-refractivity contribution in [2.24, 2.45) is 11.8 Å². The van der Waals surface area contributed by atoms with Gasteiger partial charge in [0.25, 0.3) is 0 Å². The second-order valence-electron chi connectivity index (χ2n) is 8.01. The van der Waals surface area contributed by atoms with Gasteiger partial charge in [0.1, 0.15) is 0 Å². The van der Waals surface area contributed by atoms with E-state index in [0.29, 0.717) is 11.5 Å². The van der Waals surface area contributed by atoms with E-state index in [1.54, 1.807) is 21.3 Å². The summed E-state index contributed by atoms with van der Waals surface area (Å²) in [6.45, 7) is 8.28. The van der Waals surface area contributed by atoms with Crippen LogP contribution in [0.4, 0.5) is 0 Å². The number of hydrogen-bond donors (Lipinski definition) is 1. The fourth-order valence-corrected chi connectivity index (χ4v) is 6.47. The first-order valence-corrected chi connectivity index (χ1v) is 11.0. The van der Waals surface area contributed by atoms with E-state index in [2.05, 4.69) is 12.2 Å². The predicted octanol–water partition coefficient (Wildman–Crippen LogP) is 3.76. The number of carbonyl (C=O) groups is 1. The molecule has 1 atom stereocenters. The summed E-state index contributed by atoms with van der Waals surface area (Å²) in [4.78, 5) is 12.3. The summed E-state index contributed by atoms with van der Waals surface area (Å²) < 4.78 is 17.0. The Bertz CT molecular complexity index is 377. The van der Waals surface area contributed by atoms with Gasteiger partial charge in [0.2, 0.25) is 5.91 Å². The first kappa shape index (κ1) is 21.6. The quantitative estimate of drug-likeness (QED) is 0.671. The van der Waals surface area contributed by atoms with E-state index < -0.39 is 8.80 Å². The van der Waals surface area contributed by atoms with Crippen molar-refractivity contribution < 1.29 is 18.1 Å². The zero-order valence-corrected chi connectivity index (χ0v) is 17.6. The van der Waals surface area contributed by atoms with Crippen molar-refractivity contribution in [3.05, 3.63) is 0 Å². The molecule has 24 heavy (non-hydrogen) atoms. The fourth-order valence-electron chi connectivity index (χ4n) is 3.85. The Hall–Kier alpha value is -0.433. The molecule has 5 nitrogen and oxygen atoms in total. The van der Waals surface area contributed by atoms with Crippen LogP contribution >= 0.6 is 0 Å². The zero-order valence-electron chi connectivity index (χ0n) is 16.6. The van der Waals surface area contributed by atoms with Gasteiger partial charge < -0.3 is 18.6 Å². The Morgan fingerprint density at radius 1 is 1.08 bits per heavy atom. The van der Waals surface area contributed by atoms with Gasteiger partial charge in [-0.15, -0.1) is 0 Å². The summed E-state index contributed by atoms with van der Waals surface area (Å²) in [7, 11) is 2.49. The smallest absolute Gasteiger partial charge is 0.377 e. The molecule has 1 rings (SSSR count). The molecule has 0 aromatic rings. The minimum Gasteiger partial charge on any atom is -0.377 e. The molecule has 1 amide bonds. The Morgan fingerprint density at radius 3 is 1.96 bits per heavy atom. The van der Waals surface area contributed by atoms with Crippen LogP contribution in [0, 0.1) is 11.8 Å². The average Bonchev–Trinajstić information content (AvgIpc) is 2.54. The van der Waals surface area contributed by atoms with Gasteiger partial charge in [-0.2, -0.15) is 0 Å². The van der Waals surface area contributed by atoms with Crippen LogP contribution in [-0.2, 0) is 18.1 Å². The molecule has 1 saturated carbocycles. The lowest BCUT2D eigenvalue weighted by atomic mass is 9.79. The van der Waals surface area contributed by atoms with Gasteiger partial charge in [0, 0.05) is 38.3 Å². The maximum atomic E-state index is 12.3. The van der Waals surface area contributed by atoms with Crippen molar-refractivity contribution in [1.82, 2.24) is 5.32 Å². The van der Waals surface area contributed by atoms with E-state index in [4.69, 9.17) is 13.3 Å². The standard InChI is InChI=1S/C18H37NO4Si/c1-8-16(24(21-5,22-6)23-7)13-14-9-11-15(12-10-14)17(20)19-18(2,3)4/h14-16H,8-13H2,1-7H3,(H,19,20). The number of amides is 1. The third-order valence-corrected chi connectivity index (χ3v) is 8.53. The van der Waals surface area contributed by atoms with E-state index in [0.717, 1.165) is 38.5 Å². The third-order valence-electron chi connectivity index (χ3n) is 5.18. The summed E-state index contributed by atoms with van der Waals surface area (Å²) in [5.74, 6) is 0.998. The van der Waals surface area contributed by atoms with Crippen LogP contribution in [0.3, 0.4) is 0 Å². The number of hydrogen-bond acceptors (Lipinski definition) is 4. The highest BCUT2D eigenvalue weighted by molar-refractivity contribution is 6.62. The molecule has 1 unspecified atom stereocenters. The van der Waals surface area contributed by atoms with Gasteiger partial charge >= 0.3 is 8.80 Å².